The molecular formula is C18H15ClFNO2. The van der Waals surface area contributed by atoms with Crippen molar-refractivity contribution >= 4 is 17.7 Å². The van der Waals surface area contributed by atoms with E-state index in [2.05, 4.69) is 17.2 Å². The first-order valence-electron chi connectivity index (χ1n) is 7.03. The lowest BCUT2D eigenvalue weighted by Crippen LogP contribution is -2.24. The van der Waals surface area contributed by atoms with Crippen molar-refractivity contribution in [2.24, 2.45) is 0 Å². The van der Waals surface area contributed by atoms with Gasteiger partial charge in [0.05, 0.1) is 5.02 Å². The molecule has 2 rings (SSSR count). The zero-order valence-corrected chi connectivity index (χ0v) is 13.1. The van der Waals surface area contributed by atoms with Crippen LogP contribution in [0.5, 0.6) is 0 Å². The number of ether oxygens (including phenoxy) is 1. The summed E-state index contributed by atoms with van der Waals surface area (Å²) < 4.78 is 18.3. The Labute approximate surface area is 139 Å². The molecule has 0 spiro atoms. The quantitative estimate of drug-likeness (QED) is 0.675. The third kappa shape index (κ3) is 6.01. The maximum Gasteiger partial charge on any atom is 0.407 e. The number of hydrogen-bond acceptors (Lipinski definition) is 2. The average molecular weight is 332 g/mol. The highest BCUT2D eigenvalue weighted by Crippen LogP contribution is 2.14. The van der Waals surface area contributed by atoms with Crippen LogP contribution in [0.2, 0.25) is 5.02 Å². The van der Waals surface area contributed by atoms with Crippen LogP contribution in [0.15, 0.2) is 48.5 Å². The lowest BCUT2D eigenvalue weighted by molar-refractivity contribution is 0.140. The van der Waals surface area contributed by atoms with Crippen LogP contribution in [0.4, 0.5) is 9.18 Å². The van der Waals surface area contributed by atoms with Crippen LogP contribution in [-0.2, 0) is 11.3 Å². The van der Waals surface area contributed by atoms with E-state index in [4.69, 9.17) is 16.3 Å². The van der Waals surface area contributed by atoms with Gasteiger partial charge in [0.15, 0.2) is 0 Å². The first-order chi connectivity index (χ1) is 11.1. The van der Waals surface area contributed by atoms with Gasteiger partial charge in [0.1, 0.15) is 12.4 Å². The normalized spacial score (nSPS) is 9.65. The predicted octanol–water partition coefficient (Wildman–Crippen LogP) is 4.15. The minimum atomic E-state index is -0.499. The number of benzene rings is 2. The summed E-state index contributed by atoms with van der Waals surface area (Å²) in [4.78, 5) is 11.5. The molecule has 0 aromatic heterocycles. The molecule has 23 heavy (non-hydrogen) atoms. The summed E-state index contributed by atoms with van der Waals surface area (Å²) in [5.74, 6) is 5.15. The third-order valence-corrected chi connectivity index (χ3v) is 3.19. The van der Waals surface area contributed by atoms with Crippen molar-refractivity contribution in [3.05, 3.63) is 70.5 Å². The molecule has 118 valence electrons. The monoisotopic (exact) mass is 331 g/mol. The largest absolute Gasteiger partial charge is 0.445 e. The molecule has 0 unspecified atom stereocenters. The molecule has 2 aromatic carbocycles. The van der Waals surface area contributed by atoms with Crippen LogP contribution in [0.1, 0.15) is 17.5 Å². The third-order valence-electron chi connectivity index (χ3n) is 2.88. The molecule has 1 N–H and O–H groups in total. The Morgan fingerprint density at radius 1 is 1.22 bits per heavy atom. The average Bonchev–Trinajstić information content (AvgIpc) is 2.57. The van der Waals surface area contributed by atoms with Crippen molar-refractivity contribution in [3.63, 3.8) is 0 Å². The van der Waals surface area contributed by atoms with E-state index in [1.54, 1.807) is 6.07 Å². The summed E-state index contributed by atoms with van der Waals surface area (Å²) in [6.45, 7) is 0.582. The van der Waals surface area contributed by atoms with Crippen LogP contribution in [0.25, 0.3) is 0 Å². The molecule has 0 bridgehead atoms. The van der Waals surface area contributed by atoms with Gasteiger partial charge in [0.25, 0.3) is 0 Å². The molecule has 0 aliphatic rings. The fraction of sp³-hybridized carbons (Fsp3) is 0.167. The first-order valence-corrected chi connectivity index (χ1v) is 7.41. The van der Waals surface area contributed by atoms with Crippen molar-refractivity contribution < 1.29 is 13.9 Å². The Morgan fingerprint density at radius 2 is 2.00 bits per heavy atom. The van der Waals surface area contributed by atoms with Gasteiger partial charge in [0, 0.05) is 18.5 Å². The van der Waals surface area contributed by atoms with Gasteiger partial charge in [-0.15, -0.1) is 0 Å². The summed E-state index contributed by atoms with van der Waals surface area (Å²) >= 11 is 5.59. The van der Waals surface area contributed by atoms with Crippen molar-refractivity contribution in [2.75, 3.05) is 6.54 Å². The number of rotatable bonds is 4. The van der Waals surface area contributed by atoms with Crippen molar-refractivity contribution in [2.45, 2.75) is 13.0 Å². The second kappa shape index (κ2) is 8.82. The number of hydrogen-bond donors (Lipinski definition) is 1. The second-order valence-electron chi connectivity index (χ2n) is 4.67. The standard InChI is InChI=1S/C18H15ClFNO2/c19-16-10-9-14(12-17(16)20)6-4-5-11-21-18(22)23-13-15-7-2-1-3-8-15/h1-3,7-10,12H,5,11,13H2,(H,21,22). The minimum absolute atomic E-state index is 0.0679. The van der Waals surface area contributed by atoms with Gasteiger partial charge < -0.3 is 10.1 Å². The van der Waals surface area contributed by atoms with Gasteiger partial charge in [-0.1, -0.05) is 53.8 Å². The molecule has 0 atom stereocenters. The number of amides is 1. The summed E-state index contributed by atoms with van der Waals surface area (Å²) in [5, 5.41) is 2.67. The summed E-state index contributed by atoms with van der Waals surface area (Å²) in [6.07, 6.45) is -0.0572. The van der Waals surface area contributed by atoms with Crippen LogP contribution in [0, 0.1) is 17.7 Å². The molecule has 0 saturated carbocycles. The molecule has 0 radical (unpaired) electrons. The summed E-state index contributed by atoms with van der Waals surface area (Å²) in [6, 6.07) is 13.8. The molecule has 0 fully saturated rings. The fourth-order valence-electron chi connectivity index (χ4n) is 1.74. The smallest absolute Gasteiger partial charge is 0.407 e. The Bertz CT molecular complexity index is 723. The predicted molar refractivity (Wildman–Crippen MR) is 87.5 cm³/mol. The molecule has 0 heterocycles. The number of alkyl carbamates (subject to hydrolysis) is 1. The Hall–Kier alpha value is -2.51. The van der Waals surface area contributed by atoms with Gasteiger partial charge in [-0.3, -0.25) is 0 Å². The van der Waals surface area contributed by atoms with Crippen LogP contribution in [-0.4, -0.2) is 12.6 Å². The number of nitrogens with one attached hydrogen (secondary N) is 1. The highest BCUT2D eigenvalue weighted by molar-refractivity contribution is 6.30. The highest BCUT2D eigenvalue weighted by Gasteiger charge is 2.01. The van der Waals surface area contributed by atoms with Gasteiger partial charge in [-0.25, -0.2) is 9.18 Å². The molecule has 1 amide bonds. The van der Waals surface area contributed by atoms with Gasteiger partial charge in [-0.2, -0.15) is 0 Å². The zero-order chi connectivity index (χ0) is 16.5. The second-order valence-corrected chi connectivity index (χ2v) is 5.08. The lowest BCUT2D eigenvalue weighted by atomic mass is 10.2. The van der Waals surface area contributed by atoms with Crippen LogP contribution < -0.4 is 5.32 Å². The van der Waals surface area contributed by atoms with Gasteiger partial charge in [0.2, 0.25) is 0 Å². The number of carbonyl (C=O) groups is 1. The molecular weight excluding hydrogens is 317 g/mol. The fourth-order valence-corrected chi connectivity index (χ4v) is 1.86. The maximum atomic E-state index is 13.2. The molecule has 0 saturated heterocycles. The van der Waals surface area contributed by atoms with E-state index in [0.29, 0.717) is 18.5 Å². The zero-order valence-electron chi connectivity index (χ0n) is 12.3. The highest BCUT2D eigenvalue weighted by atomic mass is 35.5. The Morgan fingerprint density at radius 3 is 2.74 bits per heavy atom. The summed E-state index contributed by atoms with van der Waals surface area (Å²) in [5.41, 5.74) is 1.46. The number of carbonyl (C=O) groups excluding carboxylic acids is 1. The molecule has 0 aliphatic heterocycles. The van der Waals surface area contributed by atoms with E-state index in [1.165, 1.54) is 12.1 Å². The van der Waals surface area contributed by atoms with Crippen LogP contribution >= 0.6 is 11.6 Å². The van der Waals surface area contributed by atoms with E-state index >= 15 is 0 Å². The van der Waals surface area contributed by atoms with Gasteiger partial charge in [-0.05, 0) is 23.8 Å². The van der Waals surface area contributed by atoms with Crippen molar-refractivity contribution in [3.8, 4) is 11.8 Å². The molecule has 2 aromatic rings. The topological polar surface area (TPSA) is 38.3 Å². The Kier molecular flexibility index (Phi) is 6.46. The van der Waals surface area contributed by atoms with Crippen molar-refractivity contribution in [1.82, 2.24) is 5.32 Å². The maximum absolute atomic E-state index is 13.2. The van der Waals surface area contributed by atoms with Gasteiger partial charge >= 0.3 is 6.09 Å². The van der Waals surface area contributed by atoms with Crippen LogP contribution in [0.3, 0.4) is 0 Å². The molecule has 5 heteroatoms. The summed E-state index contributed by atoms with van der Waals surface area (Å²) in [7, 11) is 0. The Balaban J connectivity index is 1.68. The van der Waals surface area contributed by atoms with E-state index in [-0.39, 0.29) is 11.6 Å². The lowest BCUT2D eigenvalue weighted by Gasteiger charge is -2.05. The van der Waals surface area contributed by atoms with Crippen molar-refractivity contribution in [1.29, 1.82) is 0 Å². The molecule has 0 aliphatic carbocycles. The van der Waals surface area contributed by atoms with E-state index in [1.807, 2.05) is 30.3 Å². The minimum Gasteiger partial charge on any atom is -0.445 e. The SMILES string of the molecule is O=C(NCCC#Cc1ccc(Cl)c(F)c1)OCc1ccccc1. The van der Waals surface area contributed by atoms with E-state index < -0.39 is 11.9 Å². The molecule has 3 nitrogen and oxygen atoms in total. The van der Waals surface area contributed by atoms with E-state index in [0.717, 1.165) is 5.56 Å². The number of halogens is 2. The van der Waals surface area contributed by atoms with E-state index in [9.17, 15) is 9.18 Å². The first kappa shape index (κ1) is 16.9.